The second-order valence-electron chi connectivity index (χ2n) is 11.3. The van der Waals surface area contributed by atoms with Gasteiger partial charge >= 0.3 is 0 Å². The number of hydrogen-bond acceptors (Lipinski definition) is 6. The van der Waals surface area contributed by atoms with E-state index in [0.29, 0.717) is 19.1 Å². The number of nitrogens with one attached hydrogen (secondary N) is 1. The maximum absolute atomic E-state index is 7.05. The van der Waals surface area contributed by atoms with Crippen molar-refractivity contribution in [3.63, 3.8) is 0 Å². The van der Waals surface area contributed by atoms with Crippen LogP contribution < -0.4 is 20.6 Å². The van der Waals surface area contributed by atoms with Gasteiger partial charge in [0.2, 0.25) is 5.95 Å². The summed E-state index contributed by atoms with van der Waals surface area (Å²) >= 11 is 0. The third-order valence-electron chi connectivity index (χ3n) is 7.56. The topological polar surface area (TPSA) is 68.1 Å². The van der Waals surface area contributed by atoms with Gasteiger partial charge in [-0.3, -0.25) is 0 Å². The molecule has 1 N–H and O–H groups in total. The van der Waals surface area contributed by atoms with E-state index >= 15 is 0 Å². The summed E-state index contributed by atoms with van der Waals surface area (Å²) in [6.45, 7) is 11.7. The summed E-state index contributed by atoms with van der Waals surface area (Å²) in [6.07, 6.45) is 1.80. The lowest BCUT2D eigenvalue weighted by molar-refractivity contribution is 0.311. The number of imidazole rings is 1. The van der Waals surface area contributed by atoms with Crippen molar-refractivity contribution in [2.24, 2.45) is 7.05 Å². The number of rotatable bonds is 11. The molecule has 41 heavy (non-hydrogen) atoms. The number of hydrogen-bond donors (Lipinski definition) is 1. The molecule has 0 aliphatic heterocycles. The second kappa shape index (κ2) is 12.2. The highest BCUT2D eigenvalue weighted by molar-refractivity contribution is 6.99. The number of aryl methyl sites for hydroxylation is 1. The van der Waals surface area contributed by atoms with E-state index in [9.17, 15) is 0 Å². The Kier molecular flexibility index (Phi) is 8.51. The summed E-state index contributed by atoms with van der Waals surface area (Å²) in [5.74, 6) is 1.41. The monoisotopic (exact) mass is 564 g/mol. The molecule has 0 aliphatic rings. The van der Waals surface area contributed by atoms with Crippen molar-refractivity contribution in [1.82, 2.24) is 19.5 Å². The predicted octanol–water partition coefficient (Wildman–Crippen LogP) is 5.38. The Labute approximate surface area is 244 Å². The Morgan fingerprint density at radius 2 is 1.44 bits per heavy atom. The van der Waals surface area contributed by atoms with Gasteiger partial charge in [-0.15, -0.1) is 0 Å². The third kappa shape index (κ3) is 5.89. The molecule has 2 heterocycles. The Balaban J connectivity index is 1.41. The number of benzene rings is 3. The zero-order chi connectivity index (χ0) is 28.9. The lowest BCUT2D eigenvalue weighted by Gasteiger charge is -2.43. The van der Waals surface area contributed by atoms with E-state index in [1.807, 2.05) is 17.7 Å². The van der Waals surface area contributed by atoms with Crippen LogP contribution in [0.4, 0.5) is 11.8 Å². The van der Waals surface area contributed by atoms with Gasteiger partial charge in [-0.25, -0.2) is 4.98 Å². The molecule has 0 radical (unpaired) electrons. The lowest BCUT2D eigenvalue weighted by Crippen LogP contribution is -2.66. The molecule has 0 saturated carbocycles. The quantitative estimate of drug-likeness (QED) is 0.172. The van der Waals surface area contributed by atoms with Gasteiger partial charge in [-0.2, -0.15) is 9.97 Å². The maximum Gasteiger partial charge on any atom is 0.261 e. The van der Waals surface area contributed by atoms with E-state index in [4.69, 9.17) is 14.4 Å². The van der Waals surface area contributed by atoms with Gasteiger partial charge in [0, 0.05) is 26.7 Å². The first-order valence-corrected chi connectivity index (χ1v) is 16.2. The number of fused-ring (bicyclic) bond motifs is 1. The second-order valence-corrected chi connectivity index (χ2v) is 15.6. The molecule has 0 amide bonds. The fraction of sp³-hybridized carbons (Fsp3) is 0.303. The average Bonchev–Trinajstić information content (AvgIpc) is 3.37. The zero-order valence-corrected chi connectivity index (χ0v) is 25.7. The van der Waals surface area contributed by atoms with Crippen molar-refractivity contribution in [1.29, 1.82) is 0 Å². The highest BCUT2D eigenvalue weighted by Gasteiger charge is 2.50. The van der Waals surface area contributed by atoms with Crippen molar-refractivity contribution in [2.45, 2.75) is 39.3 Å². The van der Waals surface area contributed by atoms with Crippen molar-refractivity contribution in [2.75, 3.05) is 29.9 Å². The first-order chi connectivity index (χ1) is 19.8. The lowest BCUT2D eigenvalue weighted by atomic mass is 10.2. The van der Waals surface area contributed by atoms with Crippen LogP contribution in [0.5, 0.6) is 0 Å². The largest absolute Gasteiger partial charge is 0.406 e. The molecule has 212 valence electrons. The molecule has 3 aromatic carbocycles. The summed E-state index contributed by atoms with van der Waals surface area (Å²) in [4.78, 5) is 16.7. The SMILES string of the molecule is CCN(Cc1ccccc1)c1nc(NCCO[Si](c2ccccc2)(c2ccccc2)C(C)(C)C)nc2c1ncn2C. The van der Waals surface area contributed by atoms with E-state index in [0.717, 1.165) is 30.1 Å². The Hall–Kier alpha value is -4.01. The molecule has 0 fully saturated rings. The maximum atomic E-state index is 7.05. The molecule has 8 heteroatoms. The van der Waals surface area contributed by atoms with Gasteiger partial charge in [0.05, 0.1) is 12.9 Å². The van der Waals surface area contributed by atoms with E-state index in [-0.39, 0.29) is 5.04 Å². The first kappa shape index (κ1) is 28.5. The van der Waals surface area contributed by atoms with Crippen LogP contribution in [-0.4, -0.2) is 47.5 Å². The van der Waals surface area contributed by atoms with Crippen LogP contribution in [0.2, 0.25) is 5.04 Å². The molecule has 5 rings (SSSR count). The minimum Gasteiger partial charge on any atom is -0.406 e. The van der Waals surface area contributed by atoms with E-state index in [2.05, 4.69) is 128 Å². The van der Waals surface area contributed by atoms with Gasteiger partial charge in [-0.05, 0) is 27.9 Å². The summed E-state index contributed by atoms with van der Waals surface area (Å²) in [6, 6.07) is 31.9. The molecule has 2 aromatic heterocycles. The van der Waals surface area contributed by atoms with Crippen molar-refractivity contribution in [3.05, 3.63) is 103 Å². The van der Waals surface area contributed by atoms with Crippen LogP contribution >= 0.6 is 0 Å². The number of nitrogens with zero attached hydrogens (tertiary/aromatic N) is 5. The third-order valence-corrected chi connectivity index (χ3v) is 12.6. The normalized spacial score (nSPS) is 12.0. The summed E-state index contributed by atoms with van der Waals surface area (Å²) in [5, 5.41) is 5.94. The number of aromatic nitrogens is 4. The average molecular weight is 565 g/mol. The smallest absolute Gasteiger partial charge is 0.261 e. The van der Waals surface area contributed by atoms with E-state index in [1.54, 1.807) is 6.33 Å². The highest BCUT2D eigenvalue weighted by Crippen LogP contribution is 2.36. The van der Waals surface area contributed by atoms with Crippen molar-refractivity contribution >= 4 is 41.6 Å². The molecule has 0 atom stereocenters. The minimum atomic E-state index is -2.61. The summed E-state index contributed by atoms with van der Waals surface area (Å²) in [7, 11) is -0.643. The van der Waals surface area contributed by atoms with Crippen LogP contribution in [0.15, 0.2) is 97.3 Å². The zero-order valence-electron chi connectivity index (χ0n) is 24.7. The highest BCUT2D eigenvalue weighted by atomic mass is 28.4. The molecular weight excluding hydrogens is 524 g/mol. The molecule has 0 saturated heterocycles. The molecule has 0 spiro atoms. The fourth-order valence-corrected chi connectivity index (χ4v) is 10.1. The van der Waals surface area contributed by atoms with Crippen molar-refractivity contribution in [3.8, 4) is 0 Å². The van der Waals surface area contributed by atoms with Crippen LogP contribution in [0.1, 0.15) is 33.3 Å². The Morgan fingerprint density at radius 3 is 2.00 bits per heavy atom. The van der Waals surface area contributed by atoms with Gasteiger partial charge in [0.1, 0.15) is 0 Å². The summed E-state index contributed by atoms with van der Waals surface area (Å²) < 4.78 is 9.00. The summed E-state index contributed by atoms with van der Waals surface area (Å²) in [5.41, 5.74) is 2.83. The van der Waals surface area contributed by atoms with Crippen molar-refractivity contribution < 1.29 is 4.43 Å². The standard InChI is InChI=1S/C33H40N6OSi/c1-6-39(24-26-16-10-7-11-17-26)31-29-30(38(5)25-35-29)36-32(37-31)34-22-23-40-41(33(2,3)4,27-18-12-8-13-19-27)28-20-14-9-15-21-28/h7-21,25H,6,22-24H2,1-5H3,(H,34,36,37). The van der Waals surface area contributed by atoms with Gasteiger partial charge in [0.25, 0.3) is 8.32 Å². The molecule has 0 bridgehead atoms. The molecule has 7 nitrogen and oxygen atoms in total. The van der Waals surface area contributed by atoms with Gasteiger partial charge in [-0.1, -0.05) is 112 Å². The Bertz CT molecular complexity index is 1510. The fourth-order valence-electron chi connectivity index (χ4n) is 5.56. The molecule has 5 aromatic rings. The Morgan fingerprint density at radius 1 is 0.854 bits per heavy atom. The van der Waals surface area contributed by atoms with E-state index in [1.165, 1.54) is 15.9 Å². The van der Waals surface area contributed by atoms with Crippen LogP contribution in [-0.2, 0) is 18.0 Å². The van der Waals surface area contributed by atoms with E-state index < -0.39 is 8.32 Å². The number of anilines is 2. The predicted molar refractivity (Wildman–Crippen MR) is 172 cm³/mol. The van der Waals surface area contributed by atoms with Gasteiger partial charge in [0.15, 0.2) is 17.0 Å². The molecule has 0 aliphatic carbocycles. The molecule has 0 unspecified atom stereocenters. The van der Waals surface area contributed by atoms with Crippen LogP contribution in [0.25, 0.3) is 11.2 Å². The van der Waals surface area contributed by atoms with Crippen LogP contribution in [0.3, 0.4) is 0 Å². The van der Waals surface area contributed by atoms with Crippen LogP contribution in [0, 0.1) is 0 Å². The minimum absolute atomic E-state index is 0.0773. The molecular formula is C33H40N6OSi. The van der Waals surface area contributed by atoms with Gasteiger partial charge < -0.3 is 19.2 Å². The first-order valence-electron chi connectivity index (χ1n) is 14.3.